The number of rotatable bonds is 9. The summed E-state index contributed by atoms with van der Waals surface area (Å²) in [4.78, 5) is 22.2. The Kier molecular flexibility index (Phi) is 6.64. The van der Waals surface area contributed by atoms with Crippen molar-refractivity contribution in [1.82, 2.24) is 10.6 Å². The summed E-state index contributed by atoms with van der Waals surface area (Å²) < 4.78 is 0. The van der Waals surface area contributed by atoms with Crippen LogP contribution in [0.4, 0.5) is 4.79 Å². The number of hydrogen-bond donors (Lipinski definition) is 3. The normalized spacial score (nSPS) is 15.8. The number of nitrogens with one attached hydrogen (secondary N) is 2. The van der Waals surface area contributed by atoms with Crippen molar-refractivity contribution in [2.45, 2.75) is 25.3 Å². The zero-order valence-corrected chi connectivity index (χ0v) is 11.2. The van der Waals surface area contributed by atoms with Crippen LogP contribution in [-0.4, -0.2) is 41.2 Å². The third-order valence-electron chi connectivity index (χ3n) is 2.67. The predicted molar refractivity (Wildman–Crippen MR) is 72.8 cm³/mol. The van der Waals surface area contributed by atoms with Gasteiger partial charge in [0, 0.05) is 24.1 Å². The van der Waals surface area contributed by atoms with Crippen molar-refractivity contribution in [2.24, 2.45) is 5.92 Å². The molecule has 0 radical (unpaired) electrons. The molecule has 1 atom stereocenters. The van der Waals surface area contributed by atoms with Crippen LogP contribution in [0.3, 0.4) is 0 Å². The Hall–Kier alpha value is -1.17. The van der Waals surface area contributed by atoms with Gasteiger partial charge in [0.15, 0.2) is 0 Å². The number of carboxylic acids is 1. The van der Waals surface area contributed by atoms with Gasteiger partial charge in [-0.1, -0.05) is 6.08 Å². The van der Waals surface area contributed by atoms with E-state index in [1.165, 1.54) is 0 Å². The molecule has 0 aliphatic heterocycles. The molecule has 1 unspecified atom stereocenters. The highest BCUT2D eigenvalue weighted by atomic mass is 32.2. The number of carbonyl (C=O) groups is 2. The minimum atomic E-state index is -0.867. The van der Waals surface area contributed by atoms with Crippen molar-refractivity contribution >= 4 is 23.8 Å². The van der Waals surface area contributed by atoms with Crippen LogP contribution in [0.15, 0.2) is 12.7 Å². The average molecular weight is 272 g/mol. The second-order valence-electron chi connectivity index (χ2n) is 4.31. The monoisotopic (exact) mass is 272 g/mol. The van der Waals surface area contributed by atoms with E-state index in [1.54, 1.807) is 11.8 Å². The molecule has 0 saturated heterocycles. The summed E-state index contributed by atoms with van der Waals surface area (Å²) in [6.07, 6.45) is 3.84. The Labute approximate surface area is 111 Å². The molecular weight excluding hydrogens is 252 g/mol. The van der Waals surface area contributed by atoms with Crippen molar-refractivity contribution in [3.8, 4) is 0 Å². The van der Waals surface area contributed by atoms with Crippen LogP contribution >= 0.6 is 11.8 Å². The summed E-state index contributed by atoms with van der Waals surface area (Å²) in [7, 11) is 0. The summed E-state index contributed by atoms with van der Waals surface area (Å²) in [5.74, 6) is 1.16. The van der Waals surface area contributed by atoms with Gasteiger partial charge in [-0.05, 0) is 18.8 Å². The second kappa shape index (κ2) is 8.02. The Morgan fingerprint density at radius 2 is 2.22 bits per heavy atom. The topological polar surface area (TPSA) is 78.4 Å². The van der Waals surface area contributed by atoms with E-state index in [2.05, 4.69) is 17.2 Å². The van der Waals surface area contributed by atoms with Gasteiger partial charge in [-0.15, -0.1) is 6.58 Å². The van der Waals surface area contributed by atoms with Crippen LogP contribution in [0.5, 0.6) is 0 Å². The molecule has 0 aromatic rings. The van der Waals surface area contributed by atoms with E-state index >= 15 is 0 Å². The molecule has 5 nitrogen and oxygen atoms in total. The van der Waals surface area contributed by atoms with Gasteiger partial charge >= 0.3 is 12.0 Å². The van der Waals surface area contributed by atoms with E-state index in [0.717, 1.165) is 24.3 Å². The highest BCUT2D eigenvalue weighted by Crippen LogP contribution is 2.33. The third-order valence-corrected chi connectivity index (χ3v) is 3.63. The molecule has 0 aromatic heterocycles. The number of urea groups is 1. The molecule has 18 heavy (non-hydrogen) atoms. The lowest BCUT2D eigenvalue weighted by Gasteiger charge is -2.16. The minimum Gasteiger partial charge on any atom is -0.481 e. The van der Waals surface area contributed by atoms with Gasteiger partial charge in [0.1, 0.15) is 0 Å². The van der Waals surface area contributed by atoms with Gasteiger partial charge in [0.05, 0.1) is 6.42 Å². The molecule has 6 heteroatoms. The van der Waals surface area contributed by atoms with E-state index in [-0.39, 0.29) is 18.5 Å². The predicted octanol–water partition coefficient (Wildman–Crippen LogP) is 1.46. The SMILES string of the molecule is C=CCSCCNC(=O)NC(CC(=O)O)C1CC1. The maximum absolute atomic E-state index is 11.6. The fourth-order valence-electron chi connectivity index (χ4n) is 1.65. The fourth-order valence-corrected chi connectivity index (χ4v) is 2.22. The largest absolute Gasteiger partial charge is 0.481 e. The first-order valence-corrected chi connectivity index (χ1v) is 7.23. The molecule has 1 saturated carbocycles. The van der Waals surface area contributed by atoms with Crippen molar-refractivity contribution in [2.75, 3.05) is 18.1 Å². The Balaban J connectivity index is 2.16. The van der Waals surface area contributed by atoms with Crippen LogP contribution < -0.4 is 10.6 Å². The zero-order valence-electron chi connectivity index (χ0n) is 10.4. The molecule has 1 aliphatic rings. The van der Waals surface area contributed by atoms with Crippen LogP contribution in [0.25, 0.3) is 0 Å². The van der Waals surface area contributed by atoms with Crippen molar-refractivity contribution in [3.05, 3.63) is 12.7 Å². The van der Waals surface area contributed by atoms with Crippen molar-refractivity contribution in [3.63, 3.8) is 0 Å². The van der Waals surface area contributed by atoms with Crippen LogP contribution in [-0.2, 0) is 4.79 Å². The highest BCUT2D eigenvalue weighted by Gasteiger charge is 2.33. The van der Waals surface area contributed by atoms with Gasteiger partial charge in [0.25, 0.3) is 0 Å². The molecule has 0 spiro atoms. The van der Waals surface area contributed by atoms with E-state index in [4.69, 9.17) is 5.11 Å². The first-order valence-electron chi connectivity index (χ1n) is 6.08. The number of aliphatic carboxylic acids is 1. The molecule has 1 fully saturated rings. The number of amides is 2. The number of thioether (sulfide) groups is 1. The summed E-state index contributed by atoms with van der Waals surface area (Å²) in [5, 5.41) is 14.2. The molecule has 0 heterocycles. The molecule has 0 bridgehead atoms. The number of carbonyl (C=O) groups excluding carboxylic acids is 1. The minimum absolute atomic E-state index is 0.00327. The van der Waals surface area contributed by atoms with Crippen LogP contribution in [0.1, 0.15) is 19.3 Å². The van der Waals surface area contributed by atoms with Crippen LogP contribution in [0, 0.1) is 5.92 Å². The maximum Gasteiger partial charge on any atom is 0.315 e. The van der Waals surface area contributed by atoms with E-state index < -0.39 is 5.97 Å². The van der Waals surface area contributed by atoms with Crippen molar-refractivity contribution in [1.29, 1.82) is 0 Å². The van der Waals surface area contributed by atoms with Gasteiger partial charge in [-0.3, -0.25) is 4.79 Å². The smallest absolute Gasteiger partial charge is 0.315 e. The first kappa shape index (κ1) is 14.9. The van der Waals surface area contributed by atoms with Crippen LogP contribution in [0.2, 0.25) is 0 Å². The number of hydrogen-bond acceptors (Lipinski definition) is 3. The summed E-state index contributed by atoms with van der Waals surface area (Å²) in [5.41, 5.74) is 0. The molecule has 1 rings (SSSR count). The summed E-state index contributed by atoms with van der Waals surface area (Å²) in [6.45, 7) is 4.19. The summed E-state index contributed by atoms with van der Waals surface area (Å²) >= 11 is 1.69. The van der Waals surface area contributed by atoms with Gasteiger partial charge in [-0.25, -0.2) is 4.79 Å². The lowest BCUT2D eigenvalue weighted by Crippen LogP contribution is -2.44. The zero-order chi connectivity index (χ0) is 13.4. The molecule has 102 valence electrons. The number of carboxylic acid groups (broad SMARTS) is 1. The standard InChI is InChI=1S/C12H20N2O3S/c1-2-6-18-7-5-13-12(17)14-10(8-11(15)16)9-3-4-9/h2,9-10H,1,3-8H2,(H,15,16)(H2,13,14,17). The van der Waals surface area contributed by atoms with Gasteiger partial charge in [0.2, 0.25) is 0 Å². The Morgan fingerprint density at radius 1 is 1.50 bits per heavy atom. The Morgan fingerprint density at radius 3 is 2.78 bits per heavy atom. The molecule has 1 aliphatic carbocycles. The van der Waals surface area contributed by atoms with Gasteiger partial charge in [-0.2, -0.15) is 11.8 Å². The second-order valence-corrected chi connectivity index (χ2v) is 5.46. The summed E-state index contributed by atoms with van der Waals surface area (Å²) in [6, 6.07) is -0.504. The molecular formula is C12H20N2O3S. The average Bonchev–Trinajstić information content (AvgIpc) is 3.11. The third kappa shape index (κ3) is 6.54. The quantitative estimate of drug-likeness (QED) is 0.438. The first-order chi connectivity index (χ1) is 8.63. The maximum atomic E-state index is 11.6. The Bertz CT molecular complexity index is 306. The van der Waals surface area contributed by atoms with Gasteiger partial charge < -0.3 is 15.7 Å². The molecule has 3 N–H and O–H groups in total. The highest BCUT2D eigenvalue weighted by molar-refractivity contribution is 7.99. The van der Waals surface area contributed by atoms with Crippen molar-refractivity contribution < 1.29 is 14.7 Å². The van der Waals surface area contributed by atoms with E-state index in [1.807, 2.05) is 6.08 Å². The van der Waals surface area contributed by atoms with E-state index in [0.29, 0.717) is 12.5 Å². The fraction of sp³-hybridized carbons (Fsp3) is 0.667. The molecule has 2 amide bonds. The van der Waals surface area contributed by atoms with E-state index in [9.17, 15) is 9.59 Å². The molecule has 0 aromatic carbocycles. The lowest BCUT2D eigenvalue weighted by atomic mass is 10.1. The lowest BCUT2D eigenvalue weighted by molar-refractivity contribution is -0.137.